The third-order valence-corrected chi connectivity index (χ3v) is 6.58. The Morgan fingerprint density at radius 3 is 2.97 bits per heavy atom. The van der Waals surface area contributed by atoms with E-state index in [1.807, 2.05) is 19.2 Å². The van der Waals surface area contributed by atoms with Crippen LogP contribution in [0.3, 0.4) is 0 Å². The average Bonchev–Trinajstić information content (AvgIpc) is 3.42. The lowest BCUT2D eigenvalue weighted by Crippen LogP contribution is -2.36. The van der Waals surface area contributed by atoms with Crippen LogP contribution in [0.2, 0.25) is 0 Å². The number of H-pyrrole nitrogens is 1. The standard InChI is InChI=1S/C24H30N6OS/c1-3-4-7-18(12-16-14-27-20-9-6-5-8-19(16)20)29-22(31)21-13-17-15-28-24(26-11-10-25-2)30-23(17)32-21/h5-6,8-9,13-15,18,25,27H,3-4,7,10-12H2,1-2H3,(H,29,31)(H,26,28,30). The second kappa shape index (κ2) is 10.6. The Kier molecular flexibility index (Phi) is 7.34. The van der Waals surface area contributed by atoms with Gasteiger partial charge in [-0.2, -0.15) is 0 Å². The van der Waals surface area contributed by atoms with Crippen LogP contribution >= 0.6 is 11.3 Å². The van der Waals surface area contributed by atoms with Crippen molar-refractivity contribution in [3.05, 3.63) is 53.2 Å². The molecule has 0 spiro atoms. The smallest absolute Gasteiger partial charge is 0.261 e. The Morgan fingerprint density at radius 2 is 2.12 bits per heavy atom. The maximum absolute atomic E-state index is 13.1. The number of aromatic nitrogens is 3. The molecule has 4 aromatic rings. The van der Waals surface area contributed by atoms with E-state index in [-0.39, 0.29) is 11.9 Å². The molecule has 8 heteroatoms. The third-order valence-electron chi connectivity index (χ3n) is 5.54. The Bertz CT molecular complexity index is 1180. The number of carbonyl (C=O) groups is 1. The number of carbonyl (C=O) groups excluding carboxylic acids is 1. The summed E-state index contributed by atoms with van der Waals surface area (Å²) < 4.78 is 0. The van der Waals surface area contributed by atoms with Gasteiger partial charge >= 0.3 is 0 Å². The number of para-hydroxylation sites is 1. The fraction of sp³-hybridized carbons (Fsp3) is 0.375. The Hall–Kier alpha value is -2.97. The highest BCUT2D eigenvalue weighted by atomic mass is 32.1. The molecule has 1 unspecified atom stereocenters. The highest BCUT2D eigenvalue weighted by Gasteiger charge is 2.18. The predicted molar refractivity (Wildman–Crippen MR) is 133 cm³/mol. The van der Waals surface area contributed by atoms with Gasteiger partial charge in [0.15, 0.2) is 0 Å². The van der Waals surface area contributed by atoms with Crippen LogP contribution in [-0.4, -0.2) is 47.0 Å². The maximum Gasteiger partial charge on any atom is 0.261 e. The minimum atomic E-state index is -0.0429. The number of rotatable bonds is 11. The summed E-state index contributed by atoms with van der Waals surface area (Å²) >= 11 is 1.41. The number of anilines is 1. The summed E-state index contributed by atoms with van der Waals surface area (Å²) in [7, 11) is 1.90. The first-order chi connectivity index (χ1) is 15.7. The average molecular weight is 451 g/mol. The molecule has 0 aliphatic rings. The van der Waals surface area contributed by atoms with Gasteiger partial charge in [-0.3, -0.25) is 4.79 Å². The highest BCUT2D eigenvalue weighted by Crippen LogP contribution is 2.25. The van der Waals surface area contributed by atoms with Crippen LogP contribution in [0.15, 0.2) is 42.7 Å². The lowest BCUT2D eigenvalue weighted by Gasteiger charge is -2.18. The summed E-state index contributed by atoms with van der Waals surface area (Å²) in [5, 5.41) is 11.7. The topological polar surface area (TPSA) is 94.7 Å². The van der Waals surface area contributed by atoms with E-state index in [4.69, 9.17) is 0 Å². The monoisotopic (exact) mass is 450 g/mol. The SMILES string of the molecule is CCCCC(Cc1c[nH]c2ccccc12)NC(=O)c1cc2cnc(NCCNC)nc2s1. The number of hydrogen-bond acceptors (Lipinski definition) is 6. The zero-order chi connectivity index (χ0) is 22.3. The van der Waals surface area contributed by atoms with Gasteiger partial charge < -0.3 is 20.9 Å². The number of likely N-dealkylation sites (N-methyl/N-ethyl adjacent to an activating group) is 1. The van der Waals surface area contributed by atoms with Crippen molar-refractivity contribution in [1.29, 1.82) is 0 Å². The van der Waals surface area contributed by atoms with Crippen molar-refractivity contribution in [1.82, 2.24) is 25.6 Å². The van der Waals surface area contributed by atoms with Gasteiger partial charge in [-0.1, -0.05) is 38.0 Å². The quantitative estimate of drug-likeness (QED) is 0.255. The van der Waals surface area contributed by atoms with Gasteiger partial charge in [0.1, 0.15) is 4.83 Å². The first-order valence-electron chi connectivity index (χ1n) is 11.2. The van der Waals surface area contributed by atoms with Crippen LogP contribution in [0.25, 0.3) is 21.1 Å². The Morgan fingerprint density at radius 1 is 1.25 bits per heavy atom. The van der Waals surface area contributed by atoms with Crippen LogP contribution in [0.1, 0.15) is 41.4 Å². The molecule has 168 valence electrons. The summed E-state index contributed by atoms with van der Waals surface area (Å²) in [6, 6.07) is 10.3. The van der Waals surface area contributed by atoms with Gasteiger partial charge in [-0.15, -0.1) is 11.3 Å². The highest BCUT2D eigenvalue weighted by molar-refractivity contribution is 7.20. The third kappa shape index (κ3) is 5.26. The van der Waals surface area contributed by atoms with E-state index in [0.717, 1.165) is 54.5 Å². The summed E-state index contributed by atoms with van der Waals surface area (Å²) in [5.41, 5.74) is 2.37. The number of thiophene rings is 1. The van der Waals surface area contributed by atoms with Crippen molar-refractivity contribution in [2.24, 2.45) is 0 Å². The number of nitrogens with one attached hydrogen (secondary N) is 4. The van der Waals surface area contributed by atoms with Crippen molar-refractivity contribution < 1.29 is 4.79 Å². The zero-order valence-corrected chi connectivity index (χ0v) is 19.4. The maximum atomic E-state index is 13.1. The fourth-order valence-electron chi connectivity index (χ4n) is 3.83. The zero-order valence-electron chi connectivity index (χ0n) is 18.6. The van der Waals surface area contributed by atoms with Crippen LogP contribution in [0, 0.1) is 0 Å². The van der Waals surface area contributed by atoms with E-state index in [9.17, 15) is 4.79 Å². The molecule has 32 heavy (non-hydrogen) atoms. The number of nitrogens with zero attached hydrogens (tertiary/aromatic N) is 2. The Labute approximate surface area is 192 Å². The van der Waals surface area contributed by atoms with Gasteiger partial charge in [0, 0.05) is 47.8 Å². The Balaban J connectivity index is 1.48. The molecule has 1 amide bonds. The summed E-state index contributed by atoms with van der Waals surface area (Å²) in [6.45, 7) is 3.75. The van der Waals surface area contributed by atoms with Crippen molar-refractivity contribution in [2.75, 3.05) is 25.5 Å². The van der Waals surface area contributed by atoms with E-state index < -0.39 is 0 Å². The minimum Gasteiger partial charge on any atom is -0.361 e. The molecular weight excluding hydrogens is 420 g/mol. The summed E-state index contributed by atoms with van der Waals surface area (Å²) in [6.07, 6.45) is 7.77. The van der Waals surface area contributed by atoms with Crippen LogP contribution in [0.4, 0.5) is 5.95 Å². The van der Waals surface area contributed by atoms with Crippen LogP contribution < -0.4 is 16.0 Å². The van der Waals surface area contributed by atoms with Gasteiger partial charge in [0.05, 0.1) is 4.88 Å². The van der Waals surface area contributed by atoms with Crippen molar-refractivity contribution in [3.63, 3.8) is 0 Å². The molecule has 0 aliphatic carbocycles. The van der Waals surface area contributed by atoms with Gasteiger partial charge in [-0.25, -0.2) is 9.97 Å². The number of hydrogen-bond donors (Lipinski definition) is 4. The van der Waals surface area contributed by atoms with Crippen LogP contribution in [-0.2, 0) is 6.42 Å². The number of amides is 1. The van der Waals surface area contributed by atoms with E-state index in [2.05, 4.69) is 62.2 Å². The van der Waals surface area contributed by atoms with E-state index in [1.54, 1.807) is 6.20 Å². The van der Waals surface area contributed by atoms with Gasteiger partial charge in [0.25, 0.3) is 5.91 Å². The van der Waals surface area contributed by atoms with Gasteiger partial charge in [-0.05, 0) is 37.6 Å². The fourth-order valence-corrected chi connectivity index (χ4v) is 4.73. The number of benzene rings is 1. The number of aromatic amines is 1. The predicted octanol–water partition coefficient (Wildman–Crippen LogP) is 4.34. The largest absolute Gasteiger partial charge is 0.361 e. The number of unbranched alkanes of at least 4 members (excludes halogenated alkanes) is 1. The molecule has 0 saturated carbocycles. The molecule has 0 fully saturated rings. The molecule has 3 heterocycles. The lowest BCUT2D eigenvalue weighted by molar-refractivity contribution is 0.0938. The molecule has 7 nitrogen and oxygen atoms in total. The normalized spacial score (nSPS) is 12.3. The molecule has 0 saturated heterocycles. The second-order valence-corrected chi connectivity index (χ2v) is 9.00. The molecule has 3 aromatic heterocycles. The molecule has 1 atom stereocenters. The second-order valence-electron chi connectivity index (χ2n) is 7.97. The van der Waals surface area contributed by atoms with Crippen molar-refractivity contribution in [2.45, 2.75) is 38.6 Å². The molecule has 4 N–H and O–H groups in total. The molecular formula is C24H30N6OS. The molecule has 0 aliphatic heterocycles. The van der Waals surface area contributed by atoms with Crippen molar-refractivity contribution >= 4 is 44.3 Å². The molecule has 4 rings (SSSR count). The van der Waals surface area contributed by atoms with Crippen LogP contribution in [0.5, 0.6) is 0 Å². The first kappa shape index (κ1) is 22.2. The molecule has 0 radical (unpaired) electrons. The van der Waals surface area contributed by atoms with E-state index >= 15 is 0 Å². The summed E-state index contributed by atoms with van der Waals surface area (Å²) in [4.78, 5) is 26.8. The van der Waals surface area contributed by atoms with E-state index in [0.29, 0.717) is 10.8 Å². The number of fused-ring (bicyclic) bond motifs is 2. The van der Waals surface area contributed by atoms with Crippen molar-refractivity contribution in [3.8, 4) is 0 Å². The molecule has 1 aromatic carbocycles. The molecule has 0 bridgehead atoms. The van der Waals surface area contributed by atoms with Gasteiger partial charge in [0.2, 0.25) is 5.95 Å². The first-order valence-corrected chi connectivity index (χ1v) is 12.0. The minimum absolute atomic E-state index is 0.0429. The van der Waals surface area contributed by atoms with E-state index in [1.165, 1.54) is 22.3 Å². The lowest BCUT2D eigenvalue weighted by atomic mass is 10.0. The summed E-state index contributed by atoms with van der Waals surface area (Å²) in [5.74, 6) is 0.542.